The lowest BCUT2D eigenvalue weighted by Crippen LogP contribution is -2.34. The molecule has 374 valence electrons. The Labute approximate surface area is 458 Å². The maximum atomic E-state index is 9.56. The third-order valence-electron chi connectivity index (χ3n) is 16.5. The van der Waals surface area contributed by atoms with Crippen LogP contribution in [0.3, 0.4) is 0 Å². The fourth-order valence-corrected chi connectivity index (χ4v) is 12.4. The third-order valence-corrected chi connectivity index (χ3v) is 16.5. The van der Waals surface area contributed by atoms with E-state index in [1.54, 1.807) is 0 Å². The molecule has 0 radical (unpaired) electrons. The van der Waals surface area contributed by atoms with Gasteiger partial charge in [-0.2, -0.15) is 0 Å². The summed E-state index contributed by atoms with van der Waals surface area (Å²) in [7, 11) is 0. The fourth-order valence-electron chi connectivity index (χ4n) is 12.4. The van der Waals surface area contributed by atoms with Gasteiger partial charge in [-0.1, -0.05) is 188 Å². The molecule has 3 aromatic heterocycles. The molecule has 0 atom stereocenters. The van der Waals surface area contributed by atoms with Gasteiger partial charge >= 0.3 is 0 Å². The molecular formula is C72H60N4O. The molecule has 0 unspecified atom stereocenters. The van der Waals surface area contributed by atoms with Crippen molar-refractivity contribution in [2.24, 2.45) is 0 Å². The molecule has 0 amide bonds. The number of pyridine rings is 1. The SMILES string of the molecule is [2H]c1c([2H])c([2H])c(-c2ccc3c(c2-[n+]2[c-]n(-c4cccc(Oc5ccc6c7ccccc7n(-c7cc(C(C)(C)C)ccn7)c6c5)c4)c4ccccc42)-c2ccccc2-c2ccccc2-c2cc4c(cc2-3)C(C)(C)CCC4(C)C)c([2H])c1[2H]. The quantitative estimate of drug-likeness (QED) is 0.123. The number of imidazole rings is 1. The van der Waals surface area contributed by atoms with Gasteiger partial charge in [0.1, 0.15) is 17.3 Å². The van der Waals surface area contributed by atoms with Gasteiger partial charge in [0.2, 0.25) is 0 Å². The standard InChI is InChI=1S/C72H60N4O/c1-70(2,3)47-36-39-73-67(40-47)76-63-29-16-15-27-55(63)56-33-32-50(42-66(56)76)77-49-23-19-22-48(41-49)74-45-75(65-31-18-17-30-64(65)74)69-51(46-20-9-8-10-21-46)34-35-58-60-44-62-61(71(4,5)37-38-72(62,6)7)43-59(60)54-26-12-11-24-52(54)53-25-13-14-28-57(53)68(58)69/h8-36,39-44H,37-38H2,1-7H3/i8D,9D,10D,20D,21D. The Balaban J connectivity index is 1.00. The maximum absolute atomic E-state index is 9.56. The number of benzene rings is 9. The van der Waals surface area contributed by atoms with Crippen molar-refractivity contribution >= 4 is 32.8 Å². The Kier molecular flexibility index (Phi) is 9.35. The number of hydrogen-bond acceptors (Lipinski definition) is 2. The summed E-state index contributed by atoms with van der Waals surface area (Å²) in [6.07, 6.45) is 7.83. The number of rotatable bonds is 6. The van der Waals surface area contributed by atoms with Crippen molar-refractivity contribution in [2.75, 3.05) is 0 Å². The average molecular weight is 1000 g/mol. The summed E-state index contributed by atoms with van der Waals surface area (Å²) in [5.74, 6) is 2.12. The first-order valence-corrected chi connectivity index (χ1v) is 26.7. The smallest absolute Gasteiger partial charge is 0.269 e. The van der Waals surface area contributed by atoms with E-state index in [2.05, 4.69) is 187 Å². The monoisotopic (exact) mass is 1000 g/mol. The van der Waals surface area contributed by atoms with Crippen LogP contribution in [0.2, 0.25) is 0 Å². The molecule has 0 N–H and O–H groups in total. The van der Waals surface area contributed by atoms with Crippen LogP contribution in [0, 0.1) is 6.33 Å². The summed E-state index contributed by atoms with van der Waals surface area (Å²) in [6.45, 7) is 16.1. The van der Waals surface area contributed by atoms with Crippen LogP contribution < -0.4 is 9.30 Å². The molecular weight excluding hydrogens is 937 g/mol. The molecule has 2 aliphatic rings. The van der Waals surface area contributed by atoms with E-state index in [0.29, 0.717) is 22.7 Å². The van der Waals surface area contributed by atoms with Gasteiger partial charge in [0.15, 0.2) is 0 Å². The zero-order valence-corrected chi connectivity index (χ0v) is 44.4. The lowest BCUT2D eigenvalue weighted by Gasteiger charge is -2.43. The fraction of sp³-hybridized carbons (Fsp3) is 0.167. The van der Waals surface area contributed by atoms with Gasteiger partial charge in [-0.05, 0) is 157 Å². The highest BCUT2D eigenvalue weighted by Gasteiger charge is 2.39. The first-order valence-electron chi connectivity index (χ1n) is 29.2. The van der Waals surface area contributed by atoms with Gasteiger partial charge in [0.25, 0.3) is 6.33 Å². The third kappa shape index (κ3) is 7.57. The van der Waals surface area contributed by atoms with Gasteiger partial charge in [0.05, 0.1) is 40.3 Å². The molecule has 9 aromatic carbocycles. The predicted molar refractivity (Wildman–Crippen MR) is 317 cm³/mol. The highest BCUT2D eigenvalue weighted by Crippen LogP contribution is 2.55. The first-order chi connectivity index (χ1) is 39.4. The van der Waals surface area contributed by atoms with E-state index >= 15 is 0 Å². The molecule has 14 rings (SSSR count). The molecule has 5 nitrogen and oxygen atoms in total. The zero-order chi connectivity index (χ0) is 56.7. The molecule has 0 saturated heterocycles. The van der Waals surface area contributed by atoms with Crippen molar-refractivity contribution in [1.82, 2.24) is 14.1 Å². The van der Waals surface area contributed by atoms with Crippen LogP contribution in [0.5, 0.6) is 11.5 Å². The minimum absolute atomic E-state index is 0.0608. The summed E-state index contributed by atoms with van der Waals surface area (Å²) in [4.78, 5) is 4.90. The summed E-state index contributed by atoms with van der Waals surface area (Å²) in [5.41, 5.74) is 17.5. The molecule has 0 fully saturated rings. The second kappa shape index (κ2) is 17.4. The van der Waals surface area contributed by atoms with Crippen LogP contribution in [-0.4, -0.2) is 14.1 Å². The lowest BCUT2D eigenvalue weighted by molar-refractivity contribution is -0.571. The predicted octanol–water partition coefficient (Wildman–Crippen LogP) is 18.3. The van der Waals surface area contributed by atoms with Crippen LogP contribution in [0.1, 0.15) is 84.9 Å². The van der Waals surface area contributed by atoms with Crippen molar-refractivity contribution in [3.63, 3.8) is 0 Å². The number of hydrogen-bond donors (Lipinski definition) is 0. The number of ether oxygens (including phenoxy) is 1. The van der Waals surface area contributed by atoms with E-state index in [1.165, 1.54) is 16.7 Å². The van der Waals surface area contributed by atoms with Gasteiger partial charge in [-0.15, -0.1) is 0 Å². The summed E-state index contributed by atoms with van der Waals surface area (Å²) < 4.78 is 59.0. The highest BCUT2D eigenvalue weighted by molar-refractivity contribution is 6.10. The molecule has 2 aliphatic carbocycles. The van der Waals surface area contributed by atoms with Crippen molar-refractivity contribution in [1.29, 1.82) is 0 Å². The van der Waals surface area contributed by atoms with Crippen molar-refractivity contribution in [2.45, 2.75) is 77.6 Å². The topological polar surface area (TPSA) is 35.9 Å². The minimum atomic E-state index is -0.444. The molecule has 77 heavy (non-hydrogen) atoms. The molecule has 0 saturated carbocycles. The lowest BCUT2D eigenvalue weighted by atomic mass is 9.62. The Morgan fingerprint density at radius 1 is 0.545 bits per heavy atom. The molecule has 3 heterocycles. The van der Waals surface area contributed by atoms with Crippen LogP contribution in [-0.2, 0) is 16.2 Å². The van der Waals surface area contributed by atoms with Gasteiger partial charge < -0.3 is 4.74 Å². The molecule has 0 spiro atoms. The van der Waals surface area contributed by atoms with E-state index in [0.717, 1.165) is 102 Å². The first kappa shape index (κ1) is 41.4. The van der Waals surface area contributed by atoms with Gasteiger partial charge in [-0.3, -0.25) is 13.7 Å². The van der Waals surface area contributed by atoms with Crippen molar-refractivity contribution < 1.29 is 16.2 Å². The van der Waals surface area contributed by atoms with Crippen LogP contribution in [0.15, 0.2) is 212 Å². The summed E-state index contributed by atoms with van der Waals surface area (Å²) in [5, 5.41) is 2.22. The second-order valence-electron chi connectivity index (χ2n) is 23.2. The Hall–Kier alpha value is -8.80. The normalized spacial score (nSPS) is 15.2. The van der Waals surface area contributed by atoms with E-state index < -0.39 is 18.1 Å². The van der Waals surface area contributed by atoms with E-state index in [9.17, 15) is 2.74 Å². The van der Waals surface area contributed by atoms with E-state index in [4.69, 9.17) is 13.8 Å². The number of nitrogens with zero attached hydrogens (tertiary/aromatic N) is 4. The van der Waals surface area contributed by atoms with E-state index in [1.807, 2.05) is 63.9 Å². The van der Waals surface area contributed by atoms with Crippen molar-refractivity contribution in [3.05, 3.63) is 235 Å². The van der Waals surface area contributed by atoms with Gasteiger partial charge in [0, 0.05) is 28.6 Å². The second-order valence-corrected chi connectivity index (χ2v) is 23.2. The number of aromatic nitrogens is 4. The summed E-state index contributed by atoms with van der Waals surface area (Å²) >= 11 is 0. The molecule has 12 aromatic rings. The Morgan fingerprint density at radius 3 is 1.90 bits per heavy atom. The molecule has 5 heteroatoms. The number of fused-ring (bicyclic) bond motifs is 13. The van der Waals surface area contributed by atoms with Gasteiger partial charge in [-0.25, -0.2) is 4.98 Å². The molecule has 0 bridgehead atoms. The van der Waals surface area contributed by atoms with Crippen LogP contribution >= 0.6 is 0 Å². The molecule has 0 aliphatic heterocycles. The largest absolute Gasteiger partial charge is 0.458 e. The Bertz CT molecular complexity index is 4640. The highest BCUT2D eigenvalue weighted by atomic mass is 16.5. The van der Waals surface area contributed by atoms with Crippen LogP contribution in [0.4, 0.5) is 0 Å². The minimum Gasteiger partial charge on any atom is -0.458 e. The Morgan fingerprint density at radius 2 is 1.16 bits per heavy atom. The van der Waals surface area contributed by atoms with E-state index in [-0.39, 0.29) is 33.9 Å². The maximum Gasteiger partial charge on any atom is 0.269 e. The number of para-hydroxylation sites is 3. The average Bonchev–Trinajstić information content (AvgIpc) is 3.70. The van der Waals surface area contributed by atoms with Crippen molar-refractivity contribution in [3.8, 4) is 84.3 Å². The summed E-state index contributed by atoms with van der Waals surface area (Å²) in [6, 6.07) is 59.4. The van der Waals surface area contributed by atoms with Crippen LogP contribution in [0.25, 0.3) is 106 Å². The zero-order valence-electron chi connectivity index (χ0n) is 49.4.